The third-order valence-electron chi connectivity index (χ3n) is 2.47. The summed E-state index contributed by atoms with van der Waals surface area (Å²) < 4.78 is 44.6. The number of terminal acetylenes is 1. The topological polar surface area (TPSA) is 81.4 Å². The highest BCUT2D eigenvalue weighted by Gasteiger charge is 2.21. The fourth-order valence-corrected chi connectivity index (χ4v) is 2.74. The van der Waals surface area contributed by atoms with Crippen molar-refractivity contribution in [2.24, 2.45) is 0 Å². The zero-order valence-corrected chi connectivity index (χ0v) is 11.4. The number of ether oxygens (including phenoxy) is 1. The van der Waals surface area contributed by atoms with E-state index in [2.05, 4.69) is 10.6 Å². The van der Waals surface area contributed by atoms with Gasteiger partial charge in [0.05, 0.1) is 23.7 Å². The molecule has 0 radical (unpaired) electrons. The molecule has 3 N–H and O–H groups in total. The number of nitrogen functional groups attached to an aromatic ring is 1. The van der Waals surface area contributed by atoms with Crippen molar-refractivity contribution in [3.05, 3.63) is 17.9 Å². The van der Waals surface area contributed by atoms with Gasteiger partial charge in [-0.1, -0.05) is 12.8 Å². The van der Waals surface area contributed by atoms with Gasteiger partial charge >= 0.3 is 0 Å². The normalized spacial score (nSPS) is 12.7. The molecule has 0 bridgehead atoms. The molecule has 1 rings (SSSR count). The van der Waals surface area contributed by atoms with Crippen LogP contribution in [0, 0.1) is 18.2 Å². The van der Waals surface area contributed by atoms with Gasteiger partial charge in [0.15, 0.2) is 11.6 Å². The molecule has 104 valence electrons. The summed E-state index contributed by atoms with van der Waals surface area (Å²) in [6.07, 6.45) is 5.60. The van der Waals surface area contributed by atoms with E-state index in [1.54, 1.807) is 6.92 Å². The van der Waals surface area contributed by atoms with Gasteiger partial charge in [-0.3, -0.25) is 0 Å². The Bertz CT molecular complexity index is 585. The van der Waals surface area contributed by atoms with Crippen molar-refractivity contribution in [3.8, 4) is 18.1 Å². The Morgan fingerprint density at radius 3 is 2.63 bits per heavy atom. The lowest BCUT2D eigenvalue weighted by Crippen LogP contribution is -2.33. The Balaban J connectivity index is 3.20. The van der Waals surface area contributed by atoms with Crippen LogP contribution >= 0.6 is 0 Å². The summed E-state index contributed by atoms with van der Waals surface area (Å²) in [5.74, 6) is 1.25. The van der Waals surface area contributed by atoms with E-state index in [0.717, 1.165) is 12.1 Å². The van der Waals surface area contributed by atoms with E-state index in [4.69, 9.17) is 16.9 Å². The van der Waals surface area contributed by atoms with Crippen molar-refractivity contribution in [2.75, 3.05) is 12.8 Å². The van der Waals surface area contributed by atoms with Crippen LogP contribution in [0.25, 0.3) is 0 Å². The van der Waals surface area contributed by atoms with Gasteiger partial charge in [-0.15, -0.1) is 6.42 Å². The number of nitrogens with one attached hydrogen (secondary N) is 1. The monoisotopic (exact) mass is 286 g/mol. The molecule has 0 saturated carbocycles. The summed E-state index contributed by atoms with van der Waals surface area (Å²) in [5, 5.41) is 0. The predicted molar refractivity (Wildman–Crippen MR) is 70.6 cm³/mol. The molecular weight excluding hydrogens is 271 g/mol. The van der Waals surface area contributed by atoms with E-state index in [-0.39, 0.29) is 16.3 Å². The van der Waals surface area contributed by atoms with E-state index < -0.39 is 21.9 Å². The van der Waals surface area contributed by atoms with Crippen LogP contribution in [0.15, 0.2) is 17.0 Å². The number of anilines is 1. The van der Waals surface area contributed by atoms with Crippen LogP contribution < -0.4 is 15.2 Å². The molecule has 0 aromatic heterocycles. The number of nitrogens with two attached hydrogens (primary N) is 1. The quantitative estimate of drug-likeness (QED) is 0.627. The molecule has 7 heteroatoms. The van der Waals surface area contributed by atoms with Gasteiger partial charge in [0.1, 0.15) is 0 Å². The van der Waals surface area contributed by atoms with Crippen LogP contribution in [0.2, 0.25) is 0 Å². The molecule has 19 heavy (non-hydrogen) atoms. The standard InChI is InChI=1S/C12H15FN2O3S/c1-4-8(5-2)15-19(16,17)9-6-10(13)12(18-3)11(14)7-9/h1,6-8,15H,5,14H2,2-3H3. The maximum absolute atomic E-state index is 13.6. The van der Waals surface area contributed by atoms with Crippen molar-refractivity contribution < 1.29 is 17.5 Å². The van der Waals surface area contributed by atoms with Crippen molar-refractivity contribution in [2.45, 2.75) is 24.3 Å². The first-order valence-electron chi connectivity index (χ1n) is 5.47. The smallest absolute Gasteiger partial charge is 0.241 e. The maximum atomic E-state index is 13.6. The maximum Gasteiger partial charge on any atom is 0.241 e. The number of benzene rings is 1. The summed E-state index contributed by atoms with van der Waals surface area (Å²) in [6.45, 7) is 1.73. The molecular formula is C12H15FN2O3S. The highest BCUT2D eigenvalue weighted by Crippen LogP contribution is 2.28. The fourth-order valence-electron chi connectivity index (χ4n) is 1.45. The van der Waals surface area contributed by atoms with Crippen molar-refractivity contribution in [1.29, 1.82) is 0 Å². The minimum atomic E-state index is -3.92. The molecule has 1 atom stereocenters. The second-order valence-electron chi connectivity index (χ2n) is 3.78. The number of sulfonamides is 1. The molecule has 1 aromatic carbocycles. The Labute approximate surface area is 112 Å². The van der Waals surface area contributed by atoms with Crippen LogP contribution in [-0.4, -0.2) is 21.6 Å². The largest absolute Gasteiger partial charge is 0.492 e. The molecule has 0 aliphatic heterocycles. The lowest BCUT2D eigenvalue weighted by molar-refractivity contribution is 0.388. The summed E-state index contributed by atoms with van der Waals surface area (Å²) in [4.78, 5) is -0.294. The third-order valence-corrected chi connectivity index (χ3v) is 3.92. The second-order valence-corrected chi connectivity index (χ2v) is 5.49. The first-order chi connectivity index (χ1) is 8.85. The Hall–Kier alpha value is -1.78. The van der Waals surface area contributed by atoms with Gasteiger partial charge in [-0.25, -0.2) is 12.8 Å². The lowest BCUT2D eigenvalue weighted by atomic mass is 10.3. The SMILES string of the molecule is C#CC(CC)NS(=O)(=O)c1cc(N)c(OC)c(F)c1. The highest BCUT2D eigenvalue weighted by molar-refractivity contribution is 7.89. The van der Waals surface area contributed by atoms with E-state index in [1.807, 2.05) is 0 Å². The average Bonchev–Trinajstić information content (AvgIpc) is 2.35. The molecule has 0 amide bonds. The van der Waals surface area contributed by atoms with Gasteiger partial charge in [0.2, 0.25) is 10.0 Å². The summed E-state index contributed by atoms with van der Waals surface area (Å²) >= 11 is 0. The second kappa shape index (κ2) is 5.91. The summed E-state index contributed by atoms with van der Waals surface area (Å²) in [5.41, 5.74) is 5.43. The highest BCUT2D eigenvalue weighted by atomic mass is 32.2. The minimum Gasteiger partial charge on any atom is -0.492 e. The molecule has 1 unspecified atom stereocenters. The fraction of sp³-hybridized carbons (Fsp3) is 0.333. The van der Waals surface area contributed by atoms with Crippen LogP contribution in [0.5, 0.6) is 5.75 Å². The lowest BCUT2D eigenvalue weighted by Gasteiger charge is -2.13. The number of hydrogen-bond donors (Lipinski definition) is 2. The Kier molecular flexibility index (Phi) is 4.75. The first-order valence-corrected chi connectivity index (χ1v) is 6.95. The van der Waals surface area contributed by atoms with E-state index in [1.165, 1.54) is 7.11 Å². The third kappa shape index (κ3) is 3.36. The number of rotatable bonds is 5. The molecule has 5 nitrogen and oxygen atoms in total. The van der Waals surface area contributed by atoms with Gasteiger partial charge in [-0.2, -0.15) is 4.72 Å². The van der Waals surface area contributed by atoms with Crippen molar-refractivity contribution >= 4 is 15.7 Å². The zero-order valence-electron chi connectivity index (χ0n) is 10.6. The first kappa shape index (κ1) is 15.3. The van der Waals surface area contributed by atoms with Crippen molar-refractivity contribution in [1.82, 2.24) is 4.72 Å². The van der Waals surface area contributed by atoms with Gasteiger partial charge < -0.3 is 10.5 Å². The predicted octanol–water partition coefficient (Wildman–Crippen LogP) is 1.11. The molecule has 0 spiro atoms. The molecule has 0 fully saturated rings. The zero-order chi connectivity index (χ0) is 14.6. The van der Waals surface area contributed by atoms with Crippen LogP contribution in [0.3, 0.4) is 0 Å². The van der Waals surface area contributed by atoms with Gasteiger partial charge in [0, 0.05) is 0 Å². The van der Waals surface area contributed by atoms with E-state index >= 15 is 0 Å². The Morgan fingerprint density at radius 1 is 1.58 bits per heavy atom. The molecule has 1 aromatic rings. The van der Waals surface area contributed by atoms with Crippen LogP contribution in [-0.2, 0) is 10.0 Å². The number of hydrogen-bond acceptors (Lipinski definition) is 4. The van der Waals surface area contributed by atoms with E-state index in [9.17, 15) is 12.8 Å². The number of methoxy groups -OCH3 is 1. The van der Waals surface area contributed by atoms with Gasteiger partial charge in [0.25, 0.3) is 0 Å². The van der Waals surface area contributed by atoms with Gasteiger partial charge in [-0.05, 0) is 18.6 Å². The molecule has 0 aliphatic carbocycles. The molecule has 0 heterocycles. The van der Waals surface area contributed by atoms with E-state index in [0.29, 0.717) is 6.42 Å². The van der Waals surface area contributed by atoms with Crippen LogP contribution in [0.4, 0.5) is 10.1 Å². The van der Waals surface area contributed by atoms with Crippen molar-refractivity contribution in [3.63, 3.8) is 0 Å². The minimum absolute atomic E-state index is 0.100. The number of halogens is 1. The average molecular weight is 286 g/mol. The summed E-state index contributed by atoms with van der Waals surface area (Å²) in [6, 6.07) is 1.30. The Morgan fingerprint density at radius 2 is 2.21 bits per heavy atom. The molecule has 0 saturated heterocycles. The molecule has 0 aliphatic rings. The summed E-state index contributed by atoms with van der Waals surface area (Å²) in [7, 11) is -2.68. The van der Waals surface area contributed by atoms with Crippen LogP contribution in [0.1, 0.15) is 13.3 Å².